The summed E-state index contributed by atoms with van der Waals surface area (Å²) in [4.78, 5) is 11.6. The minimum absolute atomic E-state index is 0.0143. The first kappa shape index (κ1) is 15.0. The highest BCUT2D eigenvalue weighted by Crippen LogP contribution is 2.34. The van der Waals surface area contributed by atoms with Gasteiger partial charge in [0.2, 0.25) is 10.0 Å². The van der Waals surface area contributed by atoms with E-state index in [0.717, 1.165) is 4.31 Å². The fourth-order valence-electron chi connectivity index (χ4n) is 2.32. The van der Waals surface area contributed by atoms with Crippen LogP contribution in [0.4, 0.5) is 0 Å². The van der Waals surface area contributed by atoms with Gasteiger partial charge < -0.3 is 14.3 Å². The van der Waals surface area contributed by atoms with Crippen LogP contribution in [0.3, 0.4) is 0 Å². The van der Waals surface area contributed by atoms with Crippen molar-refractivity contribution in [1.82, 2.24) is 4.31 Å². The van der Waals surface area contributed by atoms with E-state index in [1.165, 1.54) is 21.0 Å². The second kappa shape index (κ2) is 4.57. The van der Waals surface area contributed by atoms with E-state index < -0.39 is 21.6 Å². The number of ether oxygens (including phenoxy) is 1. The Morgan fingerprint density at radius 2 is 1.90 bits per heavy atom. The van der Waals surface area contributed by atoms with Crippen molar-refractivity contribution in [2.24, 2.45) is 0 Å². The average molecular weight is 303 g/mol. The van der Waals surface area contributed by atoms with Gasteiger partial charge >= 0.3 is 5.97 Å². The molecule has 2 heterocycles. The zero-order chi connectivity index (χ0) is 15.3. The van der Waals surface area contributed by atoms with E-state index in [0.29, 0.717) is 0 Å². The summed E-state index contributed by atoms with van der Waals surface area (Å²) in [6, 6.07) is 0. The Kier molecular flexibility index (Phi) is 3.43. The Balaban J connectivity index is 2.50. The van der Waals surface area contributed by atoms with Gasteiger partial charge in [0.25, 0.3) is 0 Å². The van der Waals surface area contributed by atoms with Gasteiger partial charge in [0, 0.05) is 13.1 Å². The first-order valence-corrected chi connectivity index (χ1v) is 7.45. The third kappa shape index (κ3) is 2.23. The summed E-state index contributed by atoms with van der Waals surface area (Å²) in [5.41, 5.74) is -1.12. The first-order chi connectivity index (χ1) is 9.10. The van der Waals surface area contributed by atoms with E-state index in [1.54, 1.807) is 6.92 Å². The summed E-state index contributed by atoms with van der Waals surface area (Å²) < 4.78 is 36.0. The van der Waals surface area contributed by atoms with E-state index in [-0.39, 0.29) is 35.1 Å². The number of sulfonamides is 1. The van der Waals surface area contributed by atoms with Crippen molar-refractivity contribution in [2.75, 3.05) is 20.2 Å². The van der Waals surface area contributed by atoms with Crippen LogP contribution >= 0.6 is 0 Å². The molecule has 112 valence electrons. The van der Waals surface area contributed by atoms with Gasteiger partial charge in [0.05, 0.1) is 12.7 Å². The summed E-state index contributed by atoms with van der Waals surface area (Å²) in [7, 11) is -2.71. The monoisotopic (exact) mass is 303 g/mol. The lowest BCUT2D eigenvalue weighted by atomic mass is 10.0. The number of carbonyl (C=O) groups is 1. The molecule has 0 bridgehead atoms. The summed E-state index contributed by atoms with van der Waals surface area (Å²) in [6.07, 6.45) is 0. The van der Waals surface area contributed by atoms with Crippen LogP contribution in [0.2, 0.25) is 0 Å². The number of aryl methyl sites for hydroxylation is 2. The number of aliphatic hydroxyl groups is 1. The molecule has 0 radical (unpaired) electrons. The van der Waals surface area contributed by atoms with Crippen molar-refractivity contribution in [3.8, 4) is 0 Å². The summed E-state index contributed by atoms with van der Waals surface area (Å²) in [6.45, 7) is 4.50. The quantitative estimate of drug-likeness (QED) is 0.814. The standard InChI is InChI=1S/C12H17NO6S/c1-7-9(11(14)18-4)10(8(2)19-7)20(16,17)13-5-12(3,15)6-13/h15H,5-6H2,1-4H3. The predicted molar refractivity (Wildman–Crippen MR) is 68.9 cm³/mol. The Hall–Kier alpha value is -1.38. The van der Waals surface area contributed by atoms with Crippen molar-refractivity contribution in [3.05, 3.63) is 17.1 Å². The molecule has 8 heteroatoms. The van der Waals surface area contributed by atoms with E-state index in [1.807, 2.05) is 0 Å². The zero-order valence-electron chi connectivity index (χ0n) is 11.8. The molecule has 0 amide bonds. The van der Waals surface area contributed by atoms with Gasteiger partial charge in [-0.2, -0.15) is 4.31 Å². The number of hydrogen-bond acceptors (Lipinski definition) is 6. The van der Waals surface area contributed by atoms with Gasteiger partial charge in [-0.05, 0) is 20.8 Å². The fourth-order valence-corrected chi connectivity index (χ4v) is 4.37. The van der Waals surface area contributed by atoms with E-state index in [9.17, 15) is 18.3 Å². The molecule has 0 atom stereocenters. The molecule has 1 fully saturated rings. The average Bonchev–Trinajstić information content (AvgIpc) is 2.60. The van der Waals surface area contributed by atoms with Crippen LogP contribution in [-0.4, -0.2) is 49.6 Å². The normalized spacial score (nSPS) is 18.6. The summed E-state index contributed by atoms with van der Waals surface area (Å²) in [5, 5.41) is 9.67. The third-order valence-corrected chi connectivity index (χ3v) is 5.17. The highest BCUT2D eigenvalue weighted by atomic mass is 32.2. The van der Waals surface area contributed by atoms with E-state index in [2.05, 4.69) is 4.74 Å². The van der Waals surface area contributed by atoms with Crippen LogP contribution in [0.15, 0.2) is 9.31 Å². The highest BCUT2D eigenvalue weighted by Gasteiger charge is 2.46. The molecule has 7 nitrogen and oxygen atoms in total. The molecule has 0 unspecified atom stereocenters. The second-order valence-electron chi connectivity index (χ2n) is 5.18. The number of methoxy groups -OCH3 is 1. The molecule has 0 aromatic carbocycles. The smallest absolute Gasteiger partial charge is 0.342 e. The van der Waals surface area contributed by atoms with Crippen molar-refractivity contribution < 1.29 is 27.5 Å². The number of β-amino-alcohol motifs (C(OH)–C–C–N with tert-alkyl or cyclic N) is 1. The number of hydrogen-bond donors (Lipinski definition) is 1. The van der Waals surface area contributed by atoms with Crippen molar-refractivity contribution >= 4 is 16.0 Å². The molecular formula is C12H17NO6S. The number of nitrogens with zero attached hydrogens (tertiary/aromatic N) is 1. The van der Waals surface area contributed by atoms with Crippen molar-refractivity contribution in [3.63, 3.8) is 0 Å². The van der Waals surface area contributed by atoms with Crippen LogP contribution < -0.4 is 0 Å². The molecule has 1 aromatic rings. The second-order valence-corrected chi connectivity index (χ2v) is 7.05. The first-order valence-electron chi connectivity index (χ1n) is 6.01. The Labute approximate surface area is 117 Å². The lowest BCUT2D eigenvalue weighted by Crippen LogP contribution is -2.61. The van der Waals surface area contributed by atoms with Gasteiger partial charge in [-0.25, -0.2) is 13.2 Å². The predicted octanol–water partition coefficient (Wildman–Crippen LogP) is 0.438. The van der Waals surface area contributed by atoms with Crippen LogP contribution in [0.25, 0.3) is 0 Å². The van der Waals surface area contributed by atoms with Gasteiger partial charge in [0.1, 0.15) is 22.0 Å². The van der Waals surface area contributed by atoms with E-state index >= 15 is 0 Å². The SMILES string of the molecule is COC(=O)c1c(C)oc(C)c1S(=O)(=O)N1CC(C)(O)C1. The topological polar surface area (TPSA) is 97.0 Å². The largest absolute Gasteiger partial charge is 0.465 e. The molecule has 1 saturated heterocycles. The molecule has 0 spiro atoms. The molecule has 0 saturated carbocycles. The molecule has 0 aliphatic carbocycles. The molecule has 20 heavy (non-hydrogen) atoms. The van der Waals surface area contributed by atoms with Crippen molar-refractivity contribution in [2.45, 2.75) is 31.3 Å². The molecule has 1 aromatic heterocycles. The molecule has 1 aliphatic rings. The Bertz CT molecular complexity index is 650. The summed E-state index contributed by atoms with van der Waals surface area (Å²) in [5.74, 6) is -0.431. The lowest BCUT2D eigenvalue weighted by molar-refractivity contribution is -0.0426. The van der Waals surface area contributed by atoms with Gasteiger partial charge in [-0.15, -0.1) is 0 Å². The Morgan fingerprint density at radius 3 is 2.35 bits per heavy atom. The van der Waals surface area contributed by atoms with Gasteiger partial charge in [0.15, 0.2) is 0 Å². The molecule has 1 N–H and O–H groups in total. The van der Waals surface area contributed by atoms with Crippen LogP contribution in [-0.2, 0) is 14.8 Å². The van der Waals surface area contributed by atoms with Crippen LogP contribution in [0.1, 0.15) is 28.8 Å². The maximum Gasteiger partial charge on any atom is 0.342 e. The van der Waals surface area contributed by atoms with Crippen molar-refractivity contribution in [1.29, 1.82) is 0 Å². The lowest BCUT2D eigenvalue weighted by Gasteiger charge is -2.42. The number of carbonyl (C=O) groups excluding carboxylic acids is 1. The zero-order valence-corrected chi connectivity index (χ0v) is 12.6. The number of furan rings is 1. The minimum atomic E-state index is -3.89. The van der Waals surface area contributed by atoms with E-state index in [4.69, 9.17) is 4.42 Å². The van der Waals surface area contributed by atoms with Crippen LogP contribution in [0, 0.1) is 13.8 Å². The maximum atomic E-state index is 12.5. The number of esters is 1. The Morgan fingerprint density at radius 1 is 1.35 bits per heavy atom. The highest BCUT2D eigenvalue weighted by molar-refractivity contribution is 7.89. The van der Waals surface area contributed by atoms with Crippen LogP contribution in [0.5, 0.6) is 0 Å². The third-order valence-electron chi connectivity index (χ3n) is 3.23. The number of rotatable bonds is 3. The molecule has 2 rings (SSSR count). The summed E-state index contributed by atoms with van der Waals surface area (Å²) >= 11 is 0. The minimum Gasteiger partial charge on any atom is -0.465 e. The van der Waals surface area contributed by atoms with Gasteiger partial charge in [-0.3, -0.25) is 0 Å². The fraction of sp³-hybridized carbons (Fsp3) is 0.583. The molecule has 1 aliphatic heterocycles. The maximum absolute atomic E-state index is 12.5. The molecular weight excluding hydrogens is 286 g/mol. The van der Waals surface area contributed by atoms with Gasteiger partial charge in [-0.1, -0.05) is 0 Å².